The van der Waals surface area contributed by atoms with Crippen molar-refractivity contribution in [3.05, 3.63) is 43.8 Å². The molecule has 0 saturated carbocycles. The first-order valence-electron chi connectivity index (χ1n) is 5.30. The molecule has 0 bridgehead atoms. The number of hydrogen-bond acceptors (Lipinski definition) is 4. The molecule has 0 spiro atoms. The number of anilines is 1. The van der Waals surface area contributed by atoms with Crippen LogP contribution in [0.3, 0.4) is 0 Å². The largest absolute Gasteiger partial charge is 0.378 e. The SMILES string of the molecule is COCc1nc(C(=O)Nc2ccc(Br)cc2Cl)cs1. The number of aromatic nitrogens is 1. The molecule has 4 nitrogen and oxygen atoms in total. The summed E-state index contributed by atoms with van der Waals surface area (Å²) in [7, 11) is 1.59. The number of halogens is 2. The number of carbonyl (C=O) groups is 1. The van der Waals surface area contributed by atoms with Gasteiger partial charge in [0.2, 0.25) is 0 Å². The van der Waals surface area contributed by atoms with E-state index in [-0.39, 0.29) is 5.91 Å². The molecule has 0 unspecified atom stereocenters. The highest BCUT2D eigenvalue weighted by Crippen LogP contribution is 2.26. The third kappa shape index (κ3) is 3.76. The number of ether oxygens (including phenoxy) is 1. The average molecular weight is 362 g/mol. The molecule has 2 rings (SSSR count). The predicted octanol–water partition coefficient (Wildman–Crippen LogP) is 3.96. The van der Waals surface area contributed by atoms with Crippen molar-refractivity contribution >= 4 is 50.5 Å². The third-order valence-electron chi connectivity index (χ3n) is 2.23. The van der Waals surface area contributed by atoms with Crippen LogP contribution in [0.4, 0.5) is 5.69 Å². The standard InChI is InChI=1S/C12H10BrClN2O2S/c1-18-5-11-15-10(6-19-11)12(17)16-9-3-2-7(13)4-8(9)14/h2-4,6H,5H2,1H3,(H,16,17). The fourth-order valence-corrected chi connectivity index (χ4v) is 2.85. The van der Waals surface area contributed by atoms with Crippen molar-refractivity contribution in [1.82, 2.24) is 4.98 Å². The van der Waals surface area contributed by atoms with E-state index in [0.717, 1.165) is 9.48 Å². The number of rotatable bonds is 4. The Labute approximate surface area is 127 Å². The molecule has 1 N–H and O–H groups in total. The van der Waals surface area contributed by atoms with Crippen LogP contribution in [-0.4, -0.2) is 18.0 Å². The van der Waals surface area contributed by atoms with E-state index in [2.05, 4.69) is 26.2 Å². The first-order chi connectivity index (χ1) is 9.10. The number of carbonyl (C=O) groups excluding carboxylic acids is 1. The first-order valence-corrected chi connectivity index (χ1v) is 7.35. The molecular weight excluding hydrogens is 352 g/mol. The summed E-state index contributed by atoms with van der Waals surface area (Å²) in [6.07, 6.45) is 0. The summed E-state index contributed by atoms with van der Waals surface area (Å²) in [6.45, 7) is 0.400. The fourth-order valence-electron chi connectivity index (χ4n) is 1.38. The summed E-state index contributed by atoms with van der Waals surface area (Å²) in [5.74, 6) is -0.289. The molecule has 1 aromatic carbocycles. The molecule has 0 aliphatic heterocycles. The summed E-state index contributed by atoms with van der Waals surface area (Å²) < 4.78 is 5.81. The Morgan fingerprint density at radius 1 is 1.58 bits per heavy atom. The van der Waals surface area contributed by atoms with Gasteiger partial charge in [-0.3, -0.25) is 4.79 Å². The maximum atomic E-state index is 12.0. The quantitative estimate of drug-likeness (QED) is 0.897. The minimum absolute atomic E-state index is 0.289. The summed E-state index contributed by atoms with van der Waals surface area (Å²) >= 11 is 10.7. The van der Waals surface area contributed by atoms with Crippen molar-refractivity contribution in [2.24, 2.45) is 0 Å². The second kappa shape index (κ2) is 6.47. The Hall–Kier alpha value is -0.950. The smallest absolute Gasteiger partial charge is 0.275 e. The maximum Gasteiger partial charge on any atom is 0.275 e. The molecule has 1 heterocycles. The van der Waals surface area contributed by atoms with Crippen molar-refractivity contribution < 1.29 is 9.53 Å². The van der Waals surface area contributed by atoms with Gasteiger partial charge in [0.1, 0.15) is 10.7 Å². The minimum atomic E-state index is -0.289. The number of thiazole rings is 1. The molecule has 1 amide bonds. The molecule has 0 aliphatic rings. The van der Waals surface area contributed by atoms with Gasteiger partial charge in [0, 0.05) is 17.0 Å². The van der Waals surface area contributed by atoms with Crippen LogP contribution in [0.1, 0.15) is 15.5 Å². The number of benzene rings is 1. The van der Waals surface area contributed by atoms with Crippen LogP contribution in [0.15, 0.2) is 28.1 Å². The van der Waals surface area contributed by atoms with Gasteiger partial charge in [-0.1, -0.05) is 27.5 Å². The van der Waals surface area contributed by atoms with E-state index in [0.29, 0.717) is 23.0 Å². The lowest BCUT2D eigenvalue weighted by molar-refractivity contribution is 0.102. The van der Waals surface area contributed by atoms with Crippen molar-refractivity contribution in [2.45, 2.75) is 6.61 Å². The van der Waals surface area contributed by atoms with Gasteiger partial charge in [0.05, 0.1) is 17.3 Å². The summed E-state index contributed by atoms with van der Waals surface area (Å²) in [6, 6.07) is 5.25. The second-order valence-electron chi connectivity index (χ2n) is 3.64. The Morgan fingerprint density at radius 3 is 3.05 bits per heavy atom. The van der Waals surface area contributed by atoms with E-state index in [1.54, 1.807) is 30.7 Å². The first kappa shape index (κ1) is 14.5. The number of nitrogens with zero attached hydrogens (tertiary/aromatic N) is 1. The number of amides is 1. The molecule has 100 valence electrons. The molecule has 19 heavy (non-hydrogen) atoms. The highest BCUT2D eigenvalue weighted by Gasteiger charge is 2.12. The van der Waals surface area contributed by atoms with Gasteiger partial charge in [0.25, 0.3) is 5.91 Å². The van der Waals surface area contributed by atoms with E-state index in [4.69, 9.17) is 16.3 Å². The van der Waals surface area contributed by atoms with Gasteiger partial charge in [-0.05, 0) is 18.2 Å². The Kier molecular flexibility index (Phi) is 4.93. The monoisotopic (exact) mass is 360 g/mol. The van der Waals surface area contributed by atoms with Gasteiger partial charge in [-0.25, -0.2) is 4.98 Å². The zero-order valence-electron chi connectivity index (χ0n) is 9.94. The third-order valence-corrected chi connectivity index (χ3v) is 3.86. The van der Waals surface area contributed by atoms with E-state index in [1.165, 1.54) is 11.3 Å². The second-order valence-corrected chi connectivity index (χ2v) is 5.90. The van der Waals surface area contributed by atoms with Crippen LogP contribution in [0.25, 0.3) is 0 Å². The van der Waals surface area contributed by atoms with Gasteiger partial charge in [-0.2, -0.15) is 0 Å². The van der Waals surface area contributed by atoms with Crippen molar-refractivity contribution in [2.75, 3.05) is 12.4 Å². The normalized spacial score (nSPS) is 10.5. The average Bonchev–Trinajstić information content (AvgIpc) is 2.82. The van der Waals surface area contributed by atoms with Crippen LogP contribution in [0.5, 0.6) is 0 Å². The van der Waals surface area contributed by atoms with Crippen molar-refractivity contribution in [1.29, 1.82) is 0 Å². The molecule has 0 aliphatic carbocycles. The van der Waals surface area contributed by atoms with Gasteiger partial charge in [-0.15, -0.1) is 11.3 Å². The van der Waals surface area contributed by atoms with Crippen LogP contribution in [0, 0.1) is 0 Å². The molecule has 7 heteroatoms. The molecule has 1 aromatic heterocycles. The van der Waals surface area contributed by atoms with Crippen LogP contribution < -0.4 is 5.32 Å². The summed E-state index contributed by atoms with van der Waals surface area (Å²) in [5.41, 5.74) is 0.909. The van der Waals surface area contributed by atoms with Crippen LogP contribution in [-0.2, 0) is 11.3 Å². The van der Waals surface area contributed by atoms with Gasteiger partial charge >= 0.3 is 0 Å². The molecule has 0 atom stereocenters. The summed E-state index contributed by atoms with van der Waals surface area (Å²) in [5, 5.41) is 5.64. The lowest BCUT2D eigenvalue weighted by Crippen LogP contribution is -2.12. The Bertz CT molecular complexity index is 603. The molecule has 0 saturated heterocycles. The Balaban J connectivity index is 2.11. The zero-order valence-corrected chi connectivity index (χ0v) is 13.1. The molecule has 2 aromatic rings. The highest BCUT2D eigenvalue weighted by atomic mass is 79.9. The maximum absolute atomic E-state index is 12.0. The topological polar surface area (TPSA) is 51.2 Å². The number of methoxy groups -OCH3 is 1. The van der Waals surface area contributed by atoms with Crippen molar-refractivity contribution in [3.63, 3.8) is 0 Å². The van der Waals surface area contributed by atoms with E-state index < -0.39 is 0 Å². The van der Waals surface area contributed by atoms with Crippen LogP contribution >= 0.6 is 38.9 Å². The Morgan fingerprint density at radius 2 is 2.37 bits per heavy atom. The molecular formula is C12H10BrClN2O2S. The molecule has 0 fully saturated rings. The number of nitrogens with one attached hydrogen (secondary N) is 1. The summed E-state index contributed by atoms with van der Waals surface area (Å²) in [4.78, 5) is 16.2. The number of hydrogen-bond donors (Lipinski definition) is 1. The van der Waals surface area contributed by atoms with E-state index in [9.17, 15) is 4.79 Å². The predicted molar refractivity (Wildman–Crippen MR) is 79.9 cm³/mol. The van der Waals surface area contributed by atoms with E-state index >= 15 is 0 Å². The minimum Gasteiger partial charge on any atom is -0.378 e. The van der Waals surface area contributed by atoms with Gasteiger partial charge in [0.15, 0.2) is 0 Å². The van der Waals surface area contributed by atoms with Crippen LogP contribution in [0.2, 0.25) is 5.02 Å². The lowest BCUT2D eigenvalue weighted by Gasteiger charge is -2.05. The van der Waals surface area contributed by atoms with Crippen molar-refractivity contribution in [3.8, 4) is 0 Å². The lowest BCUT2D eigenvalue weighted by atomic mass is 10.3. The van der Waals surface area contributed by atoms with E-state index in [1.807, 2.05) is 0 Å². The highest BCUT2D eigenvalue weighted by molar-refractivity contribution is 9.10. The molecule has 0 radical (unpaired) electrons. The zero-order chi connectivity index (χ0) is 13.8. The fraction of sp³-hybridized carbons (Fsp3) is 0.167. The van der Waals surface area contributed by atoms with Gasteiger partial charge < -0.3 is 10.1 Å².